The molecule has 150 valence electrons. The van der Waals surface area contributed by atoms with Gasteiger partial charge in [0, 0.05) is 17.1 Å². The zero-order chi connectivity index (χ0) is 20.7. The summed E-state index contributed by atoms with van der Waals surface area (Å²) in [6.45, 7) is 8.75. The van der Waals surface area contributed by atoms with Crippen LogP contribution < -0.4 is 0 Å². The number of hydrogen-bond donors (Lipinski definition) is 0. The molecule has 0 saturated carbocycles. The second-order valence-corrected chi connectivity index (χ2v) is 8.48. The van der Waals surface area contributed by atoms with E-state index in [0.717, 1.165) is 24.8 Å². The van der Waals surface area contributed by atoms with E-state index in [2.05, 4.69) is 76.0 Å². The predicted molar refractivity (Wildman–Crippen MR) is 120 cm³/mol. The van der Waals surface area contributed by atoms with Crippen LogP contribution in [0, 0.1) is 17.2 Å². The van der Waals surface area contributed by atoms with Gasteiger partial charge in [-0.3, -0.25) is 4.90 Å². The molecule has 0 fully saturated rings. The Morgan fingerprint density at radius 1 is 1.04 bits per heavy atom. The van der Waals surface area contributed by atoms with Gasteiger partial charge >= 0.3 is 0 Å². The normalized spacial score (nSPS) is 15.8. The molecule has 2 aromatic carbocycles. The summed E-state index contributed by atoms with van der Waals surface area (Å²) in [6.07, 6.45) is 2.81. The summed E-state index contributed by atoms with van der Waals surface area (Å²) in [5.74, 6) is 0.187. The number of hydrogen-bond acceptors (Lipinski definition) is 2. The molecule has 0 heterocycles. The van der Waals surface area contributed by atoms with Crippen LogP contribution in [0.15, 0.2) is 54.6 Å². The summed E-state index contributed by atoms with van der Waals surface area (Å²) < 4.78 is 0. The van der Waals surface area contributed by atoms with Crippen molar-refractivity contribution in [3.8, 4) is 6.07 Å². The van der Waals surface area contributed by atoms with Crippen molar-refractivity contribution in [2.75, 3.05) is 7.05 Å². The minimum Gasteiger partial charge on any atom is -0.297 e. The van der Waals surface area contributed by atoms with Gasteiger partial charge in [0.05, 0.1) is 11.5 Å². The lowest BCUT2D eigenvalue weighted by Crippen LogP contribution is -2.37. The highest BCUT2D eigenvalue weighted by Gasteiger charge is 2.38. The van der Waals surface area contributed by atoms with Gasteiger partial charge in [-0.15, -0.1) is 0 Å². The Labute approximate surface area is 176 Å². The Morgan fingerprint density at radius 2 is 1.64 bits per heavy atom. The molecular formula is C25H33ClN2. The maximum absolute atomic E-state index is 10.2. The smallest absolute Gasteiger partial charge is 0.0860 e. The lowest BCUT2D eigenvalue weighted by atomic mass is 9.69. The zero-order valence-corrected chi connectivity index (χ0v) is 18.6. The fraction of sp³-hybridized carbons (Fsp3) is 0.480. The van der Waals surface area contributed by atoms with E-state index < -0.39 is 5.41 Å². The van der Waals surface area contributed by atoms with Crippen molar-refractivity contribution in [3.05, 3.63) is 70.7 Å². The van der Waals surface area contributed by atoms with Gasteiger partial charge in [-0.25, -0.2) is 0 Å². The second-order valence-electron chi connectivity index (χ2n) is 8.07. The quantitative estimate of drug-likeness (QED) is 0.455. The minimum absolute atomic E-state index is 0.187. The SMILES string of the molecule is CCC(CCC(C#N)(c1ccccc1Cl)C(C)C)N(C)C(C)c1ccccc1. The molecule has 0 aliphatic heterocycles. The molecule has 2 rings (SSSR count). The first kappa shape index (κ1) is 22.5. The van der Waals surface area contributed by atoms with E-state index in [1.165, 1.54) is 5.56 Å². The van der Waals surface area contributed by atoms with Crippen molar-refractivity contribution in [2.45, 2.75) is 64.5 Å². The highest BCUT2D eigenvalue weighted by Crippen LogP contribution is 2.41. The molecule has 0 N–H and O–H groups in total. The average Bonchev–Trinajstić information content (AvgIpc) is 2.72. The van der Waals surface area contributed by atoms with E-state index in [-0.39, 0.29) is 5.92 Å². The predicted octanol–water partition coefficient (Wildman–Crippen LogP) is 7.01. The van der Waals surface area contributed by atoms with Gasteiger partial charge in [0.15, 0.2) is 0 Å². The van der Waals surface area contributed by atoms with Crippen LogP contribution in [0.4, 0.5) is 0 Å². The van der Waals surface area contributed by atoms with E-state index in [1.54, 1.807) is 0 Å². The van der Waals surface area contributed by atoms with Crippen molar-refractivity contribution in [2.24, 2.45) is 5.92 Å². The summed E-state index contributed by atoms with van der Waals surface area (Å²) in [7, 11) is 2.20. The second kappa shape index (κ2) is 10.1. The van der Waals surface area contributed by atoms with E-state index in [0.29, 0.717) is 17.1 Å². The Bertz CT molecular complexity index is 781. The molecule has 2 nitrogen and oxygen atoms in total. The van der Waals surface area contributed by atoms with E-state index >= 15 is 0 Å². The van der Waals surface area contributed by atoms with Crippen molar-refractivity contribution in [3.63, 3.8) is 0 Å². The summed E-state index contributed by atoms with van der Waals surface area (Å²) in [5.41, 5.74) is 1.72. The topological polar surface area (TPSA) is 27.0 Å². The molecule has 2 aromatic rings. The molecule has 0 aromatic heterocycles. The highest BCUT2D eigenvalue weighted by atomic mass is 35.5. The monoisotopic (exact) mass is 396 g/mol. The lowest BCUT2D eigenvalue weighted by Gasteiger charge is -2.37. The third-order valence-corrected chi connectivity index (χ3v) is 6.68. The molecule has 3 heteroatoms. The highest BCUT2D eigenvalue weighted by molar-refractivity contribution is 6.31. The molecule has 0 aliphatic carbocycles. The van der Waals surface area contributed by atoms with Crippen LogP contribution in [-0.2, 0) is 5.41 Å². The molecule has 0 bridgehead atoms. The van der Waals surface area contributed by atoms with Crippen LogP contribution in [0.3, 0.4) is 0 Å². The Kier molecular flexibility index (Phi) is 8.10. The first-order valence-corrected chi connectivity index (χ1v) is 10.7. The van der Waals surface area contributed by atoms with Gasteiger partial charge in [-0.1, -0.05) is 80.9 Å². The molecule has 0 radical (unpaired) electrons. The van der Waals surface area contributed by atoms with Gasteiger partial charge in [0.25, 0.3) is 0 Å². The first-order chi connectivity index (χ1) is 13.4. The largest absolute Gasteiger partial charge is 0.297 e. The lowest BCUT2D eigenvalue weighted by molar-refractivity contribution is 0.158. The minimum atomic E-state index is -0.567. The molecular weight excluding hydrogens is 364 g/mol. The molecule has 0 aliphatic rings. The Balaban J connectivity index is 2.23. The first-order valence-electron chi connectivity index (χ1n) is 10.3. The number of nitriles is 1. The fourth-order valence-electron chi connectivity index (χ4n) is 4.18. The van der Waals surface area contributed by atoms with Crippen molar-refractivity contribution in [1.82, 2.24) is 4.90 Å². The van der Waals surface area contributed by atoms with Gasteiger partial charge in [0.1, 0.15) is 0 Å². The Morgan fingerprint density at radius 3 is 2.18 bits per heavy atom. The van der Waals surface area contributed by atoms with Crippen LogP contribution in [0.25, 0.3) is 0 Å². The van der Waals surface area contributed by atoms with Crippen LogP contribution in [-0.4, -0.2) is 18.0 Å². The third-order valence-electron chi connectivity index (χ3n) is 6.35. The van der Waals surface area contributed by atoms with Crippen LogP contribution in [0.2, 0.25) is 5.02 Å². The molecule has 28 heavy (non-hydrogen) atoms. The fourth-order valence-corrected chi connectivity index (χ4v) is 4.48. The van der Waals surface area contributed by atoms with E-state index in [9.17, 15) is 5.26 Å². The number of nitrogens with zero attached hydrogens (tertiary/aromatic N) is 2. The maximum Gasteiger partial charge on any atom is 0.0860 e. The van der Waals surface area contributed by atoms with Gasteiger partial charge in [-0.05, 0) is 56.3 Å². The molecule has 0 saturated heterocycles. The molecule has 3 unspecified atom stereocenters. The Hall–Kier alpha value is -1.82. The summed E-state index contributed by atoms with van der Waals surface area (Å²) in [5, 5.41) is 10.9. The maximum atomic E-state index is 10.2. The van der Waals surface area contributed by atoms with Crippen LogP contribution in [0.1, 0.15) is 64.1 Å². The summed E-state index contributed by atoms with van der Waals surface area (Å²) >= 11 is 6.51. The van der Waals surface area contributed by atoms with Crippen molar-refractivity contribution < 1.29 is 0 Å². The third kappa shape index (κ3) is 4.77. The van der Waals surface area contributed by atoms with E-state index in [1.807, 2.05) is 24.3 Å². The van der Waals surface area contributed by atoms with Gasteiger partial charge in [0.2, 0.25) is 0 Å². The number of halogens is 1. The molecule has 0 spiro atoms. The van der Waals surface area contributed by atoms with E-state index in [4.69, 9.17) is 11.6 Å². The number of benzene rings is 2. The van der Waals surface area contributed by atoms with Crippen LogP contribution in [0.5, 0.6) is 0 Å². The van der Waals surface area contributed by atoms with Gasteiger partial charge < -0.3 is 0 Å². The van der Waals surface area contributed by atoms with Crippen molar-refractivity contribution >= 4 is 11.6 Å². The van der Waals surface area contributed by atoms with Gasteiger partial charge in [-0.2, -0.15) is 5.26 Å². The van der Waals surface area contributed by atoms with Crippen LogP contribution >= 0.6 is 11.6 Å². The van der Waals surface area contributed by atoms with Crippen molar-refractivity contribution in [1.29, 1.82) is 5.26 Å². The standard InChI is InChI=1S/C25H33ClN2/c1-6-22(28(5)20(4)21-12-8-7-9-13-21)16-17-25(18-27,19(2)3)23-14-10-11-15-24(23)26/h7-15,19-20,22H,6,16-17H2,1-5H3. The average molecular weight is 397 g/mol. The zero-order valence-electron chi connectivity index (χ0n) is 17.8. The number of rotatable bonds is 9. The molecule has 3 atom stereocenters. The summed E-state index contributed by atoms with van der Waals surface area (Å²) in [6, 6.07) is 21.8. The molecule has 0 amide bonds. The summed E-state index contributed by atoms with van der Waals surface area (Å²) in [4.78, 5) is 2.45.